The lowest BCUT2D eigenvalue weighted by Crippen LogP contribution is -2.30. The summed E-state index contributed by atoms with van der Waals surface area (Å²) in [6.07, 6.45) is 2.64. The highest BCUT2D eigenvalue weighted by Crippen LogP contribution is 2.33. The molecular weight excluding hydrogens is 304 g/mol. The molecule has 3 rings (SSSR count). The molecule has 5 nitrogen and oxygen atoms in total. The Kier molecular flexibility index (Phi) is 4.28. The van der Waals surface area contributed by atoms with Crippen molar-refractivity contribution in [3.8, 4) is 5.75 Å². The van der Waals surface area contributed by atoms with E-state index in [-0.39, 0.29) is 35.3 Å². The minimum Gasteiger partial charge on any atom is -0.506 e. The Morgan fingerprint density at radius 3 is 2.67 bits per heavy atom. The van der Waals surface area contributed by atoms with Crippen molar-refractivity contribution < 1.29 is 14.7 Å². The van der Waals surface area contributed by atoms with Crippen molar-refractivity contribution in [1.82, 2.24) is 4.90 Å². The van der Waals surface area contributed by atoms with Crippen molar-refractivity contribution in [2.75, 3.05) is 18.4 Å². The molecule has 1 saturated heterocycles. The van der Waals surface area contributed by atoms with Crippen LogP contribution in [-0.2, 0) is 15.0 Å². The number of nitrogens with zero attached hydrogens (tertiary/aromatic N) is 1. The van der Waals surface area contributed by atoms with Gasteiger partial charge in [0.05, 0.1) is 11.6 Å². The van der Waals surface area contributed by atoms with Gasteiger partial charge in [-0.15, -0.1) is 0 Å². The van der Waals surface area contributed by atoms with Gasteiger partial charge in [0.15, 0.2) is 0 Å². The Hall–Kier alpha value is -2.04. The van der Waals surface area contributed by atoms with Crippen LogP contribution in [0.15, 0.2) is 18.2 Å². The summed E-state index contributed by atoms with van der Waals surface area (Å²) in [5.74, 6) is 0.213. The van der Waals surface area contributed by atoms with Crippen LogP contribution in [0.25, 0.3) is 0 Å². The number of phenols is 1. The van der Waals surface area contributed by atoms with Gasteiger partial charge in [0.25, 0.3) is 0 Å². The van der Waals surface area contributed by atoms with E-state index in [0.29, 0.717) is 18.2 Å². The summed E-state index contributed by atoms with van der Waals surface area (Å²) < 4.78 is 0. The van der Waals surface area contributed by atoms with Gasteiger partial charge >= 0.3 is 0 Å². The molecule has 1 aromatic carbocycles. The van der Waals surface area contributed by atoms with Crippen LogP contribution < -0.4 is 5.32 Å². The summed E-state index contributed by atoms with van der Waals surface area (Å²) in [5.41, 5.74) is 1.38. The number of likely N-dealkylation sites (tertiary alicyclic amines) is 1. The SMILES string of the molecule is CC(C)(C)c1ccc(O)c(NC(=O)[C@@H]2CC(=O)N(CC3CC3)C2)c1. The number of phenolic OH excluding ortho intramolecular Hbond substituents is 1. The number of anilines is 1. The summed E-state index contributed by atoms with van der Waals surface area (Å²) in [6, 6.07) is 5.28. The number of nitrogens with one attached hydrogen (secondary N) is 1. The molecule has 2 N–H and O–H groups in total. The molecule has 130 valence electrons. The molecular formula is C19H26N2O3. The van der Waals surface area contributed by atoms with E-state index in [0.717, 1.165) is 12.1 Å². The quantitative estimate of drug-likeness (QED) is 0.834. The molecule has 1 atom stereocenters. The van der Waals surface area contributed by atoms with Crippen LogP contribution in [-0.4, -0.2) is 34.9 Å². The molecule has 0 unspecified atom stereocenters. The minimum absolute atomic E-state index is 0.0514. The standard InChI is InChI=1S/C19H26N2O3/c1-19(2,3)14-6-7-16(22)15(9-14)20-18(24)13-8-17(23)21(11-13)10-12-4-5-12/h6-7,9,12-13,22H,4-5,8,10-11H2,1-3H3,(H,20,24)/t13-/m1/s1. The summed E-state index contributed by atoms with van der Waals surface area (Å²) in [6.45, 7) is 7.51. The molecule has 24 heavy (non-hydrogen) atoms. The number of carbonyl (C=O) groups excluding carboxylic acids is 2. The second kappa shape index (κ2) is 6.11. The molecule has 0 spiro atoms. The number of hydrogen-bond acceptors (Lipinski definition) is 3. The number of amides is 2. The fraction of sp³-hybridized carbons (Fsp3) is 0.579. The van der Waals surface area contributed by atoms with E-state index in [2.05, 4.69) is 26.1 Å². The molecule has 0 radical (unpaired) electrons. The van der Waals surface area contributed by atoms with E-state index >= 15 is 0 Å². The third-order valence-corrected chi connectivity index (χ3v) is 4.88. The zero-order valence-electron chi connectivity index (χ0n) is 14.6. The minimum atomic E-state index is -0.339. The maximum Gasteiger partial charge on any atom is 0.229 e. The molecule has 1 aliphatic carbocycles. The van der Waals surface area contributed by atoms with E-state index in [9.17, 15) is 14.7 Å². The second-order valence-corrected chi connectivity index (χ2v) is 8.11. The highest BCUT2D eigenvalue weighted by Gasteiger charge is 2.37. The molecule has 1 heterocycles. The van der Waals surface area contributed by atoms with Gasteiger partial charge < -0.3 is 15.3 Å². The zero-order valence-corrected chi connectivity index (χ0v) is 14.6. The Morgan fingerprint density at radius 1 is 1.33 bits per heavy atom. The molecule has 1 aromatic rings. The average molecular weight is 330 g/mol. The first kappa shape index (κ1) is 16.8. The van der Waals surface area contributed by atoms with Gasteiger partial charge in [-0.2, -0.15) is 0 Å². The van der Waals surface area contributed by atoms with Crippen LogP contribution in [0, 0.1) is 11.8 Å². The Labute approximate surface area is 143 Å². The molecule has 5 heteroatoms. The highest BCUT2D eigenvalue weighted by molar-refractivity contribution is 5.98. The molecule has 2 amide bonds. The van der Waals surface area contributed by atoms with Gasteiger partial charge in [0.1, 0.15) is 5.75 Å². The van der Waals surface area contributed by atoms with Gasteiger partial charge in [-0.1, -0.05) is 26.8 Å². The Balaban J connectivity index is 1.67. The third-order valence-electron chi connectivity index (χ3n) is 4.88. The number of rotatable bonds is 4. The van der Waals surface area contributed by atoms with Crippen molar-refractivity contribution in [3.05, 3.63) is 23.8 Å². The normalized spacial score (nSPS) is 21.2. The summed E-state index contributed by atoms with van der Waals surface area (Å²) >= 11 is 0. The number of carbonyl (C=O) groups is 2. The Bertz CT molecular complexity index is 659. The highest BCUT2D eigenvalue weighted by atomic mass is 16.3. The maximum absolute atomic E-state index is 12.5. The second-order valence-electron chi connectivity index (χ2n) is 8.11. The summed E-state index contributed by atoms with van der Waals surface area (Å²) in [4.78, 5) is 26.4. The van der Waals surface area contributed by atoms with E-state index in [1.807, 2.05) is 17.0 Å². The van der Waals surface area contributed by atoms with E-state index in [1.54, 1.807) is 6.07 Å². The van der Waals surface area contributed by atoms with Gasteiger partial charge in [-0.3, -0.25) is 9.59 Å². The van der Waals surface area contributed by atoms with Crippen molar-refractivity contribution in [1.29, 1.82) is 0 Å². The van der Waals surface area contributed by atoms with Crippen LogP contribution in [0.2, 0.25) is 0 Å². The molecule has 2 aliphatic rings. The predicted octanol–water partition coefficient (Wildman–Crippen LogP) is 2.89. The molecule has 0 bridgehead atoms. The lowest BCUT2D eigenvalue weighted by Gasteiger charge is -2.21. The van der Waals surface area contributed by atoms with Gasteiger partial charge in [0, 0.05) is 19.5 Å². The van der Waals surface area contributed by atoms with Crippen LogP contribution in [0.3, 0.4) is 0 Å². The third kappa shape index (κ3) is 3.71. The first-order valence-electron chi connectivity index (χ1n) is 8.66. The van der Waals surface area contributed by atoms with Crippen LogP contribution in [0.1, 0.15) is 45.6 Å². The molecule has 1 saturated carbocycles. The van der Waals surface area contributed by atoms with Crippen LogP contribution in [0.5, 0.6) is 5.75 Å². The number of aromatic hydroxyl groups is 1. The Morgan fingerprint density at radius 2 is 2.04 bits per heavy atom. The average Bonchev–Trinajstić information content (AvgIpc) is 3.23. The van der Waals surface area contributed by atoms with Crippen molar-refractivity contribution in [3.63, 3.8) is 0 Å². The van der Waals surface area contributed by atoms with E-state index < -0.39 is 0 Å². The van der Waals surface area contributed by atoms with Gasteiger partial charge in [-0.05, 0) is 41.9 Å². The van der Waals surface area contributed by atoms with Crippen molar-refractivity contribution >= 4 is 17.5 Å². The lowest BCUT2D eigenvalue weighted by atomic mass is 9.87. The zero-order chi connectivity index (χ0) is 17.5. The maximum atomic E-state index is 12.5. The van der Waals surface area contributed by atoms with E-state index in [4.69, 9.17) is 0 Å². The number of hydrogen-bond donors (Lipinski definition) is 2. The fourth-order valence-corrected chi connectivity index (χ4v) is 3.07. The van der Waals surface area contributed by atoms with Gasteiger partial charge in [-0.25, -0.2) is 0 Å². The van der Waals surface area contributed by atoms with Crippen molar-refractivity contribution in [2.45, 2.75) is 45.4 Å². The van der Waals surface area contributed by atoms with Gasteiger partial charge in [0.2, 0.25) is 11.8 Å². The van der Waals surface area contributed by atoms with Crippen LogP contribution >= 0.6 is 0 Å². The molecule has 0 aromatic heterocycles. The fourth-order valence-electron chi connectivity index (χ4n) is 3.07. The largest absolute Gasteiger partial charge is 0.506 e. The van der Waals surface area contributed by atoms with Crippen molar-refractivity contribution in [2.24, 2.45) is 11.8 Å². The summed E-state index contributed by atoms with van der Waals surface area (Å²) in [7, 11) is 0. The first-order chi connectivity index (χ1) is 11.2. The van der Waals surface area contributed by atoms with E-state index in [1.165, 1.54) is 12.8 Å². The number of benzene rings is 1. The predicted molar refractivity (Wildman–Crippen MR) is 92.8 cm³/mol. The monoisotopic (exact) mass is 330 g/mol. The molecule has 1 aliphatic heterocycles. The topological polar surface area (TPSA) is 69.6 Å². The smallest absolute Gasteiger partial charge is 0.229 e. The first-order valence-corrected chi connectivity index (χ1v) is 8.66. The van der Waals surface area contributed by atoms with Crippen LogP contribution in [0.4, 0.5) is 5.69 Å². The summed E-state index contributed by atoms with van der Waals surface area (Å²) in [5, 5.41) is 12.8. The lowest BCUT2D eigenvalue weighted by molar-refractivity contribution is -0.128. The molecule has 2 fully saturated rings.